The van der Waals surface area contributed by atoms with Crippen molar-refractivity contribution in [2.45, 2.75) is 71.3 Å². The second-order valence-corrected chi connectivity index (χ2v) is 15.0. The van der Waals surface area contributed by atoms with Crippen molar-refractivity contribution in [1.29, 1.82) is 0 Å². The largest absolute Gasteiger partial charge is 0.373 e. The molecule has 5 amide bonds. The summed E-state index contributed by atoms with van der Waals surface area (Å²) in [6.07, 6.45) is 2.18. The Bertz CT molecular complexity index is 1760. The fourth-order valence-corrected chi connectivity index (χ4v) is 6.77. The molecule has 15 heteroatoms. The minimum Gasteiger partial charge on any atom is -0.373 e. The lowest BCUT2D eigenvalue weighted by Gasteiger charge is -2.35. The lowest BCUT2D eigenvalue weighted by molar-refractivity contribution is -0.144. The highest BCUT2D eigenvalue weighted by atomic mass is 16.5. The maximum Gasteiger partial charge on any atom is 0.248 e. The molecule has 0 saturated carbocycles. The van der Waals surface area contributed by atoms with Crippen LogP contribution in [-0.2, 0) is 41.7 Å². The number of rotatable bonds is 4. The first-order valence-electron chi connectivity index (χ1n) is 18.0. The third kappa shape index (κ3) is 9.84. The van der Waals surface area contributed by atoms with E-state index in [1.165, 1.54) is 9.58 Å². The number of benzene rings is 2. The average molecular weight is 730 g/mol. The van der Waals surface area contributed by atoms with Gasteiger partial charge in [-0.2, -0.15) is 0 Å². The number of fused-ring (bicyclic) bond motifs is 3. The van der Waals surface area contributed by atoms with E-state index in [0.29, 0.717) is 18.7 Å². The molecule has 5 atom stereocenters. The van der Waals surface area contributed by atoms with Crippen molar-refractivity contribution in [1.82, 2.24) is 40.7 Å². The number of nitrogens with zero attached hydrogens (tertiary/aromatic N) is 5. The number of nitrogens with one attached hydrogen (secondary N) is 3. The van der Waals surface area contributed by atoms with Gasteiger partial charge in [0.1, 0.15) is 29.9 Å². The normalized spacial score (nSPS) is 24.4. The molecular weight excluding hydrogens is 678 g/mol. The van der Waals surface area contributed by atoms with Gasteiger partial charge in [-0.3, -0.25) is 24.0 Å². The first-order valence-corrected chi connectivity index (χ1v) is 18.0. The van der Waals surface area contributed by atoms with Gasteiger partial charge in [-0.25, -0.2) is 4.68 Å². The Kier molecular flexibility index (Phi) is 12.6. The van der Waals surface area contributed by atoms with Crippen molar-refractivity contribution >= 4 is 29.5 Å². The quantitative estimate of drug-likeness (QED) is 0.304. The van der Waals surface area contributed by atoms with Crippen molar-refractivity contribution in [3.05, 3.63) is 72.1 Å². The highest BCUT2D eigenvalue weighted by molar-refractivity contribution is 5.95. The van der Waals surface area contributed by atoms with Gasteiger partial charge in [-0.05, 0) is 34.4 Å². The number of hydrogen-bond acceptors (Lipinski definition) is 9. The molecule has 0 aliphatic carbocycles. The minimum absolute atomic E-state index is 0.0161. The van der Waals surface area contributed by atoms with Crippen LogP contribution in [0.25, 0.3) is 11.1 Å². The van der Waals surface area contributed by atoms with E-state index in [9.17, 15) is 24.0 Å². The summed E-state index contributed by atoms with van der Waals surface area (Å²) in [7, 11) is 1.57. The van der Waals surface area contributed by atoms with E-state index in [2.05, 4.69) is 26.3 Å². The number of likely N-dealkylation sites (N-methyl/N-ethyl adjacent to an activating group) is 1. The van der Waals surface area contributed by atoms with Crippen LogP contribution >= 0.6 is 0 Å². The Morgan fingerprint density at radius 1 is 0.906 bits per heavy atom. The molecule has 0 unspecified atom stereocenters. The fourth-order valence-electron chi connectivity index (χ4n) is 6.77. The molecule has 5 N–H and O–H groups in total. The van der Waals surface area contributed by atoms with Gasteiger partial charge in [-0.1, -0.05) is 87.5 Å². The molecular formula is C38H51N9O6. The van der Waals surface area contributed by atoms with Crippen LogP contribution in [0.2, 0.25) is 0 Å². The van der Waals surface area contributed by atoms with Gasteiger partial charge in [0.15, 0.2) is 0 Å². The van der Waals surface area contributed by atoms with Gasteiger partial charge in [0.05, 0.1) is 26.0 Å². The van der Waals surface area contributed by atoms with E-state index in [0.717, 1.165) is 16.7 Å². The molecule has 0 spiro atoms. The van der Waals surface area contributed by atoms with Gasteiger partial charge in [0.2, 0.25) is 29.5 Å². The van der Waals surface area contributed by atoms with E-state index in [1.54, 1.807) is 18.1 Å². The van der Waals surface area contributed by atoms with Crippen LogP contribution < -0.4 is 21.7 Å². The van der Waals surface area contributed by atoms with Gasteiger partial charge in [0, 0.05) is 33.1 Å². The molecule has 53 heavy (non-hydrogen) atoms. The number of nitrogens with two attached hydrogens (primary N) is 1. The SMILES string of the molecule is C[C@@H]1C[C@H]2C(=O)N[C@H](Cc3ccc(-c4ccccc4)cc3)C(=O)NCC(=O)N[C@H](CN)C(=O)N(C)CCOCc3cn(nn3)[C@@H](C(C)(C)C)C(=O)N2C1. The van der Waals surface area contributed by atoms with E-state index < -0.39 is 59.8 Å². The summed E-state index contributed by atoms with van der Waals surface area (Å²) in [6.45, 7) is 7.95. The summed E-state index contributed by atoms with van der Waals surface area (Å²) >= 11 is 0. The van der Waals surface area contributed by atoms with Crippen molar-refractivity contribution in [3.63, 3.8) is 0 Å². The van der Waals surface area contributed by atoms with Crippen molar-refractivity contribution in [2.75, 3.05) is 39.8 Å². The Hall–Kier alpha value is -5.15. The topological polar surface area (TPSA) is 194 Å². The molecule has 1 aromatic heterocycles. The highest BCUT2D eigenvalue weighted by Gasteiger charge is 2.45. The van der Waals surface area contributed by atoms with Crippen LogP contribution in [0.1, 0.15) is 51.4 Å². The van der Waals surface area contributed by atoms with Crippen molar-refractivity contribution < 1.29 is 28.7 Å². The van der Waals surface area contributed by atoms with Crippen LogP contribution in [0.4, 0.5) is 0 Å². The van der Waals surface area contributed by atoms with Gasteiger partial charge < -0.3 is 36.2 Å². The third-order valence-electron chi connectivity index (χ3n) is 9.60. The van der Waals surface area contributed by atoms with Gasteiger partial charge in [-0.15, -0.1) is 5.10 Å². The standard InChI is InChI=1S/C38H51N9O6/c1-24-17-31-35(50)42-29(18-25-11-13-27(14-12-25)26-9-7-6-8-10-26)34(49)40-20-32(48)41-30(19-39)36(51)45(5)15-16-53-23-28-22-47(44-43-28)33(38(2,3)4)37(52)46(31)21-24/h6-14,22,24,29-31,33H,15-21,23,39H2,1-5H3,(H,40,49)(H,41,48)(H,42,50)/t24-,29-,30-,31+,33-/m1/s1. The zero-order valence-corrected chi connectivity index (χ0v) is 31.1. The van der Waals surface area contributed by atoms with E-state index in [4.69, 9.17) is 10.5 Å². The van der Waals surface area contributed by atoms with Crippen LogP contribution in [-0.4, -0.2) is 112 Å². The first-order chi connectivity index (χ1) is 25.2. The first kappa shape index (κ1) is 39.1. The van der Waals surface area contributed by atoms with E-state index in [1.807, 2.05) is 82.3 Å². The van der Waals surface area contributed by atoms with Crippen LogP contribution in [0.3, 0.4) is 0 Å². The summed E-state index contributed by atoms with van der Waals surface area (Å²) in [5, 5.41) is 16.6. The summed E-state index contributed by atoms with van der Waals surface area (Å²) < 4.78 is 7.28. The minimum atomic E-state index is -1.09. The number of carbonyl (C=O) groups is 5. The zero-order valence-electron chi connectivity index (χ0n) is 31.1. The zero-order chi connectivity index (χ0) is 38.3. The third-order valence-corrected chi connectivity index (χ3v) is 9.60. The second kappa shape index (κ2) is 17.1. The maximum absolute atomic E-state index is 14.4. The maximum atomic E-state index is 14.4. The highest BCUT2D eigenvalue weighted by Crippen LogP contribution is 2.35. The summed E-state index contributed by atoms with van der Waals surface area (Å²) in [6, 6.07) is 13.8. The van der Waals surface area contributed by atoms with Crippen LogP contribution in [0.5, 0.6) is 0 Å². The van der Waals surface area contributed by atoms with Crippen molar-refractivity contribution in [3.8, 4) is 11.1 Å². The van der Waals surface area contributed by atoms with E-state index in [-0.39, 0.29) is 44.5 Å². The second-order valence-electron chi connectivity index (χ2n) is 15.0. The average Bonchev–Trinajstić information content (AvgIpc) is 3.76. The molecule has 2 bridgehead atoms. The van der Waals surface area contributed by atoms with Crippen LogP contribution in [0.15, 0.2) is 60.8 Å². The predicted molar refractivity (Wildman–Crippen MR) is 197 cm³/mol. The lowest BCUT2D eigenvalue weighted by Crippen LogP contribution is -2.57. The Morgan fingerprint density at radius 2 is 1.60 bits per heavy atom. The van der Waals surface area contributed by atoms with E-state index >= 15 is 0 Å². The Morgan fingerprint density at radius 3 is 2.28 bits per heavy atom. The molecule has 2 aromatic carbocycles. The van der Waals surface area contributed by atoms with Gasteiger partial charge in [0.25, 0.3) is 0 Å². The van der Waals surface area contributed by atoms with Gasteiger partial charge >= 0.3 is 0 Å². The summed E-state index contributed by atoms with van der Waals surface area (Å²) in [4.78, 5) is 71.4. The fraction of sp³-hybridized carbons (Fsp3) is 0.500. The lowest BCUT2D eigenvalue weighted by atomic mass is 9.85. The summed E-state index contributed by atoms with van der Waals surface area (Å²) in [5.74, 6) is -2.39. The molecule has 1 fully saturated rings. The predicted octanol–water partition coefficient (Wildman–Crippen LogP) is 1.05. The molecule has 5 rings (SSSR count). The molecule has 284 valence electrons. The Labute approximate surface area is 310 Å². The Balaban J connectivity index is 1.45. The number of ether oxygens (including phenoxy) is 1. The molecule has 0 radical (unpaired) electrons. The smallest absolute Gasteiger partial charge is 0.248 e. The molecule has 2 aliphatic rings. The number of carbonyl (C=O) groups excluding carboxylic acids is 5. The molecule has 3 aromatic rings. The molecule has 1 saturated heterocycles. The number of aromatic nitrogens is 3. The number of hydrogen-bond donors (Lipinski definition) is 4. The molecule has 15 nitrogen and oxygen atoms in total. The molecule has 2 aliphatic heterocycles. The molecule has 3 heterocycles. The van der Waals surface area contributed by atoms with Crippen molar-refractivity contribution in [2.24, 2.45) is 17.1 Å². The number of amides is 5. The monoisotopic (exact) mass is 729 g/mol. The summed E-state index contributed by atoms with van der Waals surface area (Å²) in [5.41, 5.74) is 8.54. The van der Waals surface area contributed by atoms with Crippen LogP contribution in [0, 0.1) is 11.3 Å².